The molecule has 230 valence electrons. The Morgan fingerprint density at radius 3 is 2.49 bits per heavy atom. The van der Waals surface area contributed by atoms with Crippen LogP contribution in [0.4, 0.5) is 0 Å². The number of rotatable bonds is 12. The minimum Gasteiger partial charge on any atom is -0.504 e. The quantitative estimate of drug-likeness (QED) is 0.327. The number of fused-ring (bicyclic) bond motifs is 1. The Morgan fingerprint density at radius 2 is 1.74 bits per heavy atom. The van der Waals surface area contributed by atoms with E-state index in [1.807, 2.05) is 47.4 Å². The van der Waals surface area contributed by atoms with Crippen molar-refractivity contribution in [2.45, 2.75) is 64.4 Å². The van der Waals surface area contributed by atoms with E-state index in [4.69, 9.17) is 15.2 Å². The van der Waals surface area contributed by atoms with Gasteiger partial charge in [0, 0.05) is 44.8 Å². The molecule has 8 nitrogen and oxygen atoms in total. The zero-order chi connectivity index (χ0) is 30.4. The van der Waals surface area contributed by atoms with Crippen LogP contribution >= 0.6 is 0 Å². The van der Waals surface area contributed by atoms with Crippen LogP contribution in [-0.4, -0.2) is 77.3 Å². The van der Waals surface area contributed by atoms with Crippen LogP contribution in [0.1, 0.15) is 48.1 Å². The minimum atomic E-state index is -0.508. The maximum absolute atomic E-state index is 12.9. The summed E-state index contributed by atoms with van der Waals surface area (Å²) in [5.74, 6) is 0.721. The smallest absolute Gasteiger partial charge is 0.239 e. The molecule has 3 aromatic carbocycles. The van der Waals surface area contributed by atoms with E-state index in [1.165, 1.54) is 16.7 Å². The molecule has 1 amide bonds. The Bertz CT molecular complexity index is 1370. The molecule has 0 radical (unpaired) electrons. The van der Waals surface area contributed by atoms with Crippen LogP contribution in [0.25, 0.3) is 0 Å². The van der Waals surface area contributed by atoms with Crippen molar-refractivity contribution in [3.63, 3.8) is 0 Å². The molecule has 0 bridgehead atoms. The summed E-state index contributed by atoms with van der Waals surface area (Å²) in [5, 5.41) is 9.92. The van der Waals surface area contributed by atoms with Gasteiger partial charge in [-0.25, -0.2) is 0 Å². The van der Waals surface area contributed by atoms with Crippen LogP contribution in [0.3, 0.4) is 0 Å². The number of phenolic OH excluding ortho intramolecular Hbond substituents is 1. The molecular weight excluding hydrogens is 540 g/mol. The summed E-state index contributed by atoms with van der Waals surface area (Å²) >= 11 is 0. The second kappa shape index (κ2) is 13.9. The van der Waals surface area contributed by atoms with Gasteiger partial charge in [0.2, 0.25) is 5.91 Å². The highest BCUT2D eigenvalue weighted by molar-refractivity contribution is 5.82. The van der Waals surface area contributed by atoms with Crippen LogP contribution in [0.2, 0.25) is 0 Å². The number of amides is 1. The Hall–Kier alpha value is -3.43. The van der Waals surface area contributed by atoms with E-state index in [-0.39, 0.29) is 17.2 Å². The van der Waals surface area contributed by atoms with E-state index in [0.717, 1.165) is 50.1 Å². The predicted molar refractivity (Wildman–Crippen MR) is 169 cm³/mol. The SMILES string of the molecule is COc1cc(CCC(C)(C)N2Cc3cccc(COCN4CCN(C(=O)[C@@H](N)Cc5ccccc5)CC4)c3C2)ccc1O. The summed E-state index contributed by atoms with van der Waals surface area (Å²) in [6.45, 7) is 10.5. The number of carbonyl (C=O) groups is 1. The lowest BCUT2D eigenvalue weighted by atomic mass is 9.93. The largest absolute Gasteiger partial charge is 0.504 e. The molecule has 1 fully saturated rings. The van der Waals surface area contributed by atoms with Gasteiger partial charge in [-0.2, -0.15) is 0 Å². The molecule has 43 heavy (non-hydrogen) atoms. The third kappa shape index (κ3) is 7.75. The van der Waals surface area contributed by atoms with Gasteiger partial charge in [-0.15, -0.1) is 0 Å². The molecule has 1 saturated heterocycles. The Morgan fingerprint density at radius 1 is 0.977 bits per heavy atom. The molecule has 0 unspecified atom stereocenters. The van der Waals surface area contributed by atoms with Gasteiger partial charge in [0.25, 0.3) is 0 Å². The van der Waals surface area contributed by atoms with Crippen LogP contribution < -0.4 is 10.5 Å². The van der Waals surface area contributed by atoms with E-state index >= 15 is 0 Å². The van der Waals surface area contributed by atoms with E-state index in [2.05, 4.69) is 41.8 Å². The number of piperazine rings is 1. The van der Waals surface area contributed by atoms with Crippen LogP contribution in [-0.2, 0) is 42.1 Å². The molecule has 0 aromatic heterocycles. The Kier molecular flexibility index (Phi) is 10.0. The molecule has 1 atom stereocenters. The van der Waals surface area contributed by atoms with E-state index in [1.54, 1.807) is 13.2 Å². The average molecular weight is 587 g/mol. The molecule has 2 aliphatic rings. The van der Waals surface area contributed by atoms with Crippen LogP contribution in [0.15, 0.2) is 66.7 Å². The number of hydrogen-bond acceptors (Lipinski definition) is 7. The fourth-order valence-electron chi connectivity index (χ4n) is 6.11. The first-order chi connectivity index (χ1) is 20.7. The lowest BCUT2D eigenvalue weighted by molar-refractivity contribution is -0.135. The second-order valence-corrected chi connectivity index (χ2v) is 12.4. The fourth-order valence-corrected chi connectivity index (χ4v) is 6.11. The van der Waals surface area contributed by atoms with Crippen molar-refractivity contribution in [1.29, 1.82) is 0 Å². The van der Waals surface area contributed by atoms with Crippen molar-refractivity contribution >= 4 is 5.91 Å². The highest BCUT2D eigenvalue weighted by Gasteiger charge is 2.33. The number of hydrogen-bond donors (Lipinski definition) is 2. The van der Waals surface area contributed by atoms with Gasteiger partial charge < -0.3 is 25.2 Å². The number of ether oxygens (including phenoxy) is 2. The standard InChI is InChI=1S/C35H46N4O4/c1-35(2,15-14-27-12-13-32(40)33(21-27)42-3)39-22-28-10-7-11-29(30(28)23-39)24-43-25-37-16-18-38(19-17-37)34(41)31(36)20-26-8-5-4-6-9-26/h4-13,21,31,40H,14-20,22-25,36H2,1-3H3/t31-/m0/s1. The van der Waals surface area contributed by atoms with Gasteiger partial charge in [0.15, 0.2) is 11.5 Å². The molecule has 5 rings (SSSR count). The Balaban J connectivity index is 1.07. The molecule has 8 heteroatoms. The number of benzene rings is 3. The fraction of sp³-hybridized carbons (Fsp3) is 0.457. The minimum absolute atomic E-state index is 0.00299. The summed E-state index contributed by atoms with van der Waals surface area (Å²) in [6, 6.07) is 21.6. The average Bonchev–Trinajstić information content (AvgIpc) is 3.48. The molecule has 2 heterocycles. The molecule has 0 spiro atoms. The number of nitrogens with two attached hydrogens (primary N) is 1. The van der Waals surface area contributed by atoms with Crippen molar-refractivity contribution in [1.82, 2.24) is 14.7 Å². The van der Waals surface area contributed by atoms with Crippen LogP contribution in [0, 0.1) is 0 Å². The summed E-state index contributed by atoms with van der Waals surface area (Å²) < 4.78 is 11.5. The first kappa shape index (κ1) is 31.0. The number of nitrogens with zero attached hydrogens (tertiary/aromatic N) is 3. The van der Waals surface area contributed by atoms with E-state index in [9.17, 15) is 9.90 Å². The molecule has 0 saturated carbocycles. The van der Waals surface area contributed by atoms with E-state index < -0.39 is 6.04 Å². The number of aryl methyl sites for hydroxylation is 1. The maximum atomic E-state index is 12.9. The second-order valence-electron chi connectivity index (χ2n) is 12.4. The van der Waals surface area contributed by atoms with Crippen molar-refractivity contribution in [2.24, 2.45) is 5.73 Å². The summed E-state index contributed by atoms with van der Waals surface area (Å²) in [7, 11) is 1.58. The number of methoxy groups -OCH3 is 1. The summed E-state index contributed by atoms with van der Waals surface area (Å²) in [5.41, 5.74) is 12.5. The van der Waals surface area contributed by atoms with Gasteiger partial charge in [0.1, 0.15) is 0 Å². The first-order valence-corrected chi connectivity index (χ1v) is 15.3. The zero-order valence-corrected chi connectivity index (χ0v) is 25.8. The van der Waals surface area contributed by atoms with Crippen molar-refractivity contribution in [3.8, 4) is 11.5 Å². The van der Waals surface area contributed by atoms with Gasteiger partial charge >= 0.3 is 0 Å². The third-order valence-corrected chi connectivity index (χ3v) is 9.04. The molecule has 3 aromatic rings. The predicted octanol–water partition coefficient (Wildman–Crippen LogP) is 4.32. The number of phenols is 1. The van der Waals surface area contributed by atoms with E-state index in [0.29, 0.717) is 38.6 Å². The summed E-state index contributed by atoms with van der Waals surface area (Å²) in [6.07, 6.45) is 2.46. The number of aromatic hydroxyl groups is 1. The summed E-state index contributed by atoms with van der Waals surface area (Å²) in [4.78, 5) is 19.6. The highest BCUT2D eigenvalue weighted by atomic mass is 16.5. The third-order valence-electron chi connectivity index (χ3n) is 9.04. The Labute approximate surface area is 256 Å². The van der Waals surface area contributed by atoms with Gasteiger partial charge in [0.05, 0.1) is 26.5 Å². The monoisotopic (exact) mass is 586 g/mol. The molecule has 2 aliphatic heterocycles. The molecule has 3 N–H and O–H groups in total. The van der Waals surface area contributed by atoms with Crippen molar-refractivity contribution in [3.05, 3.63) is 94.5 Å². The van der Waals surface area contributed by atoms with Gasteiger partial charge in [-0.05, 0) is 73.1 Å². The molecular formula is C35H46N4O4. The lowest BCUT2D eigenvalue weighted by Crippen LogP contribution is -2.53. The van der Waals surface area contributed by atoms with Crippen LogP contribution in [0.5, 0.6) is 11.5 Å². The maximum Gasteiger partial charge on any atom is 0.239 e. The highest BCUT2D eigenvalue weighted by Crippen LogP contribution is 2.35. The van der Waals surface area contributed by atoms with Gasteiger partial charge in [-0.1, -0.05) is 54.6 Å². The van der Waals surface area contributed by atoms with Crippen molar-refractivity contribution < 1.29 is 19.4 Å². The molecule has 0 aliphatic carbocycles. The lowest BCUT2D eigenvalue weighted by Gasteiger charge is -2.36. The van der Waals surface area contributed by atoms with Crippen molar-refractivity contribution in [2.75, 3.05) is 40.0 Å². The number of carbonyl (C=O) groups excluding carboxylic acids is 1. The normalized spacial score (nSPS) is 16.7. The topological polar surface area (TPSA) is 91.5 Å². The first-order valence-electron chi connectivity index (χ1n) is 15.3. The zero-order valence-electron chi connectivity index (χ0n) is 25.8. The van der Waals surface area contributed by atoms with Gasteiger partial charge in [-0.3, -0.25) is 14.6 Å².